The van der Waals surface area contributed by atoms with Gasteiger partial charge < -0.3 is 16.4 Å². The van der Waals surface area contributed by atoms with E-state index in [-0.39, 0.29) is 11.4 Å². The first-order valence-corrected chi connectivity index (χ1v) is 6.19. The van der Waals surface area contributed by atoms with Gasteiger partial charge in [0.15, 0.2) is 0 Å². The van der Waals surface area contributed by atoms with Crippen molar-refractivity contribution in [2.24, 2.45) is 0 Å². The number of amides is 1. The first kappa shape index (κ1) is 14.4. The molecule has 0 spiro atoms. The molecule has 4 heteroatoms. The van der Waals surface area contributed by atoms with E-state index < -0.39 is 0 Å². The van der Waals surface area contributed by atoms with E-state index in [1.807, 2.05) is 45.9 Å². The van der Waals surface area contributed by atoms with Gasteiger partial charge in [0.05, 0.1) is 0 Å². The van der Waals surface area contributed by atoms with Crippen LogP contribution in [0.4, 0.5) is 11.4 Å². The second-order valence-corrected chi connectivity index (χ2v) is 5.55. The van der Waals surface area contributed by atoms with Gasteiger partial charge in [0, 0.05) is 29.9 Å². The molecule has 1 rings (SSSR count). The number of carbonyl (C=O) groups is 1. The van der Waals surface area contributed by atoms with E-state index in [0.29, 0.717) is 13.0 Å². The number of nitrogens with one attached hydrogen (secondary N) is 2. The minimum Gasteiger partial charge on any atom is -0.399 e. The van der Waals surface area contributed by atoms with Crippen molar-refractivity contribution in [3.05, 3.63) is 23.8 Å². The van der Waals surface area contributed by atoms with Crippen LogP contribution in [0.2, 0.25) is 0 Å². The highest BCUT2D eigenvalue weighted by molar-refractivity contribution is 5.77. The predicted octanol–water partition coefficient (Wildman–Crippen LogP) is 2.29. The fourth-order valence-electron chi connectivity index (χ4n) is 1.62. The molecule has 0 saturated carbocycles. The molecule has 0 heterocycles. The summed E-state index contributed by atoms with van der Waals surface area (Å²) in [6.45, 7) is 8.53. The van der Waals surface area contributed by atoms with Crippen LogP contribution < -0.4 is 16.4 Å². The zero-order valence-corrected chi connectivity index (χ0v) is 11.6. The summed E-state index contributed by atoms with van der Waals surface area (Å²) in [4.78, 5) is 11.6. The molecule has 1 aromatic rings. The highest BCUT2D eigenvalue weighted by Gasteiger charge is 2.12. The molecule has 100 valence electrons. The minimum atomic E-state index is -0.176. The second kappa shape index (κ2) is 5.76. The average Bonchev–Trinajstić information content (AvgIpc) is 2.20. The van der Waals surface area contributed by atoms with E-state index in [0.717, 1.165) is 16.9 Å². The lowest BCUT2D eigenvalue weighted by molar-refractivity contribution is -0.122. The summed E-state index contributed by atoms with van der Waals surface area (Å²) in [5, 5.41) is 6.16. The Balaban J connectivity index is 2.42. The lowest BCUT2D eigenvalue weighted by Crippen LogP contribution is -2.41. The zero-order valence-electron chi connectivity index (χ0n) is 11.6. The molecule has 0 aromatic heterocycles. The number of hydrogen-bond acceptors (Lipinski definition) is 3. The Morgan fingerprint density at radius 3 is 2.61 bits per heavy atom. The van der Waals surface area contributed by atoms with Crippen LogP contribution in [0.5, 0.6) is 0 Å². The summed E-state index contributed by atoms with van der Waals surface area (Å²) in [7, 11) is 0. The molecule has 0 fully saturated rings. The highest BCUT2D eigenvalue weighted by atomic mass is 16.1. The molecule has 0 unspecified atom stereocenters. The van der Waals surface area contributed by atoms with Gasteiger partial charge >= 0.3 is 0 Å². The van der Waals surface area contributed by atoms with Crippen molar-refractivity contribution in [3.8, 4) is 0 Å². The monoisotopic (exact) mass is 249 g/mol. The summed E-state index contributed by atoms with van der Waals surface area (Å²) in [5.41, 5.74) is 8.38. The Hall–Kier alpha value is -1.71. The number of nitrogens with two attached hydrogens (primary N) is 1. The molecule has 18 heavy (non-hydrogen) atoms. The van der Waals surface area contributed by atoms with Crippen LogP contribution >= 0.6 is 0 Å². The van der Waals surface area contributed by atoms with Crippen LogP contribution in [0.1, 0.15) is 32.8 Å². The summed E-state index contributed by atoms with van der Waals surface area (Å²) >= 11 is 0. The summed E-state index contributed by atoms with van der Waals surface area (Å²) < 4.78 is 0. The number of anilines is 2. The fourth-order valence-corrected chi connectivity index (χ4v) is 1.62. The Labute approximate surface area is 109 Å². The molecule has 0 aliphatic heterocycles. The SMILES string of the molecule is Cc1ccc(N)cc1NCCC(=O)NC(C)(C)C. The second-order valence-electron chi connectivity index (χ2n) is 5.55. The van der Waals surface area contributed by atoms with Gasteiger partial charge in [-0.05, 0) is 45.4 Å². The van der Waals surface area contributed by atoms with Crippen LogP contribution in [0.3, 0.4) is 0 Å². The van der Waals surface area contributed by atoms with Crippen LogP contribution in [0, 0.1) is 6.92 Å². The topological polar surface area (TPSA) is 67.1 Å². The predicted molar refractivity (Wildman–Crippen MR) is 76.6 cm³/mol. The number of benzene rings is 1. The largest absolute Gasteiger partial charge is 0.399 e. The van der Waals surface area contributed by atoms with Crippen molar-refractivity contribution in [1.29, 1.82) is 0 Å². The van der Waals surface area contributed by atoms with Gasteiger partial charge in [0.2, 0.25) is 5.91 Å². The van der Waals surface area contributed by atoms with Crippen molar-refractivity contribution in [2.75, 3.05) is 17.6 Å². The van der Waals surface area contributed by atoms with Crippen molar-refractivity contribution < 1.29 is 4.79 Å². The molecule has 4 nitrogen and oxygen atoms in total. The third kappa shape index (κ3) is 5.08. The molecular formula is C14H23N3O. The van der Waals surface area contributed by atoms with Crippen molar-refractivity contribution in [2.45, 2.75) is 39.7 Å². The molecule has 4 N–H and O–H groups in total. The van der Waals surface area contributed by atoms with Gasteiger partial charge in [-0.1, -0.05) is 6.07 Å². The Kier molecular flexibility index (Phi) is 4.59. The van der Waals surface area contributed by atoms with Crippen molar-refractivity contribution >= 4 is 17.3 Å². The fraction of sp³-hybridized carbons (Fsp3) is 0.500. The Morgan fingerprint density at radius 2 is 2.00 bits per heavy atom. The molecule has 0 radical (unpaired) electrons. The smallest absolute Gasteiger partial charge is 0.222 e. The summed E-state index contributed by atoms with van der Waals surface area (Å²) in [6.07, 6.45) is 0.450. The highest BCUT2D eigenvalue weighted by Crippen LogP contribution is 2.17. The maximum atomic E-state index is 11.6. The first-order valence-electron chi connectivity index (χ1n) is 6.19. The van der Waals surface area contributed by atoms with Gasteiger partial charge in [-0.3, -0.25) is 4.79 Å². The molecular weight excluding hydrogens is 226 g/mol. The molecule has 1 aromatic carbocycles. The number of carbonyl (C=O) groups excluding carboxylic acids is 1. The van der Waals surface area contributed by atoms with Crippen LogP contribution in [0.15, 0.2) is 18.2 Å². The minimum absolute atomic E-state index is 0.0524. The van der Waals surface area contributed by atoms with Crippen LogP contribution in [0.25, 0.3) is 0 Å². The van der Waals surface area contributed by atoms with E-state index in [1.165, 1.54) is 0 Å². The van der Waals surface area contributed by atoms with E-state index in [2.05, 4.69) is 10.6 Å². The first-order chi connectivity index (χ1) is 8.28. The lowest BCUT2D eigenvalue weighted by atomic mass is 10.1. The quantitative estimate of drug-likeness (QED) is 0.717. The van der Waals surface area contributed by atoms with Crippen molar-refractivity contribution in [1.82, 2.24) is 5.32 Å². The third-order valence-electron chi connectivity index (χ3n) is 2.44. The standard InChI is InChI=1S/C14H23N3O/c1-10-5-6-11(15)9-12(10)16-8-7-13(18)17-14(2,3)4/h5-6,9,16H,7-8,15H2,1-4H3,(H,17,18). The van der Waals surface area contributed by atoms with Crippen molar-refractivity contribution in [3.63, 3.8) is 0 Å². The van der Waals surface area contributed by atoms with E-state index in [4.69, 9.17) is 5.73 Å². The van der Waals surface area contributed by atoms with Gasteiger partial charge in [-0.15, -0.1) is 0 Å². The van der Waals surface area contributed by atoms with Crippen LogP contribution in [-0.2, 0) is 4.79 Å². The Bertz CT molecular complexity index is 422. The summed E-state index contributed by atoms with van der Waals surface area (Å²) in [6, 6.07) is 5.72. The maximum absolute atomic E-state index is 11.6. The van der Waals surface area contributed by atoms with E-state index in [9.17, 15) is 4.79 Å². The molecule has 0 bridgehead atoms. The number of nitrogen functional groups attached to an aromatic ring is 1. The van der Waals surface area contributed by atoms with Gasteiger partial charge in [0.25, 0.3) is 0 Å². The molecule has 0 aliphatic rings. The zero-order chi connectivity index (χ0) is 13.8. The maximum Gasteiger partial charge on any atom is 0.222 e. The number of hydrogen-bond donors (Lipinski definition) is 3. The lowest BCUT2D eigenvalue weighted by Gasteiger charge is -2.20. The summed E-state index contributed by atoms with van der Waals surface area (Å²) in [5.74, 6) is 0.0524. The van der Waals surface area contributed by atoms with E-state index >= 15 is 0 Å². The number of rotatable bonds is 4. The average molecular weight is 249 g/mol. The normalized spacial score (nSPS) is 11.1. The third-order valence-corrected chi connectivity index (χ3v) is 2.44. The molecule has 1 amide bonds. The Morgan fingerprint density at radius 1 is 1.33 bits per heavy atom. The van der Waals surface area contributed by atoms with E-state index in [1.54, 1.807) is 0 Å². The van der Waals surface area contributed by atoms with Gasteiger partial charge in [-0.25, -0.2) is 0 Å². The molecule has 0 atom stereocenters. The van der Waals surface area contributed by atoms with Gasteiger partial charge in [0.1, 0.15) is 0 Å². The van der Waals surface area contributed by atoms with Gasteiger partial charge in [-0.2, -0.15) is 0 Å². The molecule has 0 aliphatic carbocycles. The number of aryl methyl sites for hydroxylation is 1. The molecule has 0 saturated heterocycles. The van der Waals surface area contributed by atoms with Crippen LogP contribution in [-0.4, -0.2) is 18.0 Å².